The molecule has 0 spiro atoms. The molecule has 0 fully saturated rings. The predicted octanol–water partition coefficient (Wildman–Crippen LogP) is 3.18. The third-order valence-corrected chi connectivity index (χ3v) is 2.96. The van der Waals surface area contributed by atoms with E-state index < -0.39 is 18.5 Å². The Labute approximate surface area is 130 Å². The molecule has 0 aliphatic heterocycles. The molecule has 1 heterocycles. The summed E-state index contributed by atoms with van der Waals surface area (Å²) in [5.74, 6) is -1.18. The number of amides is 1. The second-order valence-corrected chi connectivity index (χ2v) is 4.81. The normalized spacial score (nSPS) is 10.0. The number of benzene rings is 1. The molecule has 0 aliphatic carbocycles. The topological polar surface area (TPSA) is 68.3 Å². The van der Waals surface area contributed by atoms with Crippen LogP contribution in [0.4, 0.5) is 5.69 Å². The third kappa shape index (κ3) is 4.44. The number of nitrogens with zero attached hydrogens (tertiary/aromatic N) is 1. The molecule has 2 rings (SSSR count). The summed E-state index contributed by atoms with van der Waals surface area (Å²) >= 11 is 11.7. The third-order valence-electron chi connectivity index (χ3n) is 2.41. The summed E-state index contributed by atoms with van der Waals surface area (Å²) in [6.07, 6.45) is 1.46. The maximum Gasteiger partial charge on any atom is 0.357 e. The van der Waals surface area contributed by atoms with E-state index in [1.807, 2.05) is 0 Å². The van der Waals surface area contributed by atoms with Gasteiger partial charge in [0.25, 0.3) is 5.91 Å². The van der Waals surface area contributed by atoms with E-state index in [2.05, 4.69) is 10.3 Å². The number of pyridine rings is 1. The molecule has 2 aromatic rings. The van der Waals surface area contributed by atoms with E-state index in [-0.39, 0.29) is 5.69 Å². The quantitative estimate of drug-likeness (QED) is 0.877. The number of aromatic nitrogens is 1. The largest absolute Gasteiger partial charge is 0.451 e. The van der Waals surface area contributed by atoms with Crippen LogP contribution in [0.25, 0.3) is 0 Å². The molecule has 7 heteroatoms. The van der Waals surface area contributed by atoms with Crippen molar-refractivity contribution in [2.75, 3.05) is 11.9 Å². The Balaban J connectivity index is 1.89. The highest BCUT2D eigenvalue weighted by molar-refractivity contribution is 6.36. The van der Waals surface area contributed by atoms with Gasteiger partial charge in [-0.25, -0.2) is 9.78 Å². The van der Waals surface area contributed by atoms with Crippen molar-refractivity contribution >= 4 is 40.8 Å². The molecule has 1 amide bonds. The summed E-state index contributed by atoms with van der Waals surface area (Å²) in [4.78, 5) is 27.1. The summed E-state index contributed by atoms with van der Waals surface area (Å²) in [6, 6.07) is 9.46. The van der Waals surface area contributed by atoms with Crippen LogP contribution in [0.2, 0.25) is 10.0 Å². The first-order valence-electron chi connectivity index (χ1n) is 5.89. The zero-order chi connectivity index (χ0) is 15.2. The van der Waals surface area contributed by atoms with Crippen LogP contribution in [0.5, 0.6) is 0 Å². The standard InChI is InChI=1S/C14H10Cl2N2O3/c15-9-4-5-11(10(16)7-9)18-13(19)8-21-14(20)12-3-1-2-6-17-12/h1-7H,8H2,(H,18,19). The summed E-state index contributed by atoms with van der Waals surface area (Å²) in [5.41, 5.74) is 0.523. The zero-order valence-corrected chi connectivity index (χ0v) is 12.2. The minimum atomic E-state index is -0.673. The molecule has 108 valence electrons. The first-order chi connectivity index (χ1) is 10.1. The Morgan fingerprint density at radius 3 is 2.67 bits per heavy atom. The highest BCUT2D eigenvalue weighted by Gasteiger charge is 2.12. The van der Waals surface area contributed by atoms with Gasteiger partial charge in [0.2, 0.25) is 0 Å². The lowest BCUT2D eigenvalue weighted by Gasteiger charge is -2.08. The van der Waals surface area contributed by atoms with Gasteiger partial charge in [0.1, 0.15) is 5.69 Å². The van der Waals surface area contributed by atoms with E-state index in [0.717, 1.165) is 0 Å². The van der Waals surface area contributed by atoms with Gasteiger partial charge in [0, 0.05) is 11.2 Å². The number of halogens is 2. The van der Waals surface area contributed by atoms with Gasteiger partial charge in [-0.15, -0.1) is 0 Å². The fourth-order valence-electron chi connectivity index (χ4n) is 1.47. The number of anilines is 1. The van der Waals surface area contributed by atoms with Crippen molar-refractivity contribution in [3.8, 4) is 0 Å². The molecular weight excluding hydrogens is 315 g/mol. The summed E-state index contributed by atoms with van der Waals surface area (Å²) in [7, 11) is 0. The van der Waals surface area contributed by atoms with Crippen LogP contribution in [0.3, 0.4) is 0 Å². The molecule has 21 heavy (non-hydrogen) atoms. The average Bonchev–Trinajstić information content (AvgIpc) is 2.48. The lowest BCUT2D eigenvalue weighted by Crippen LogP contribution is -2.21. The smallest absolute Gasteiger partial charge is 0.357 e. The minimum Gasteiger partial charge on any atom is -0.451 e. The van der Waals surface area contributed by atoms with Crippen LogP contribution >= 0.6 is 23.2 Å². The van der Waals surface area contributed by atoms with Crippen LogP contribution in [0.15, 0.2) is 42.6 Å². The molecule has 0 atom stereocenters. The summed E-state index contributed by atoms with van der Waals surface area (Å²) in [6.45, 7) is -0.436. The Hall–Kier alpha value is -2.11. The van der Waals surface area contributed by atoms with E-state index in [4.69, 9.17) is 27.9 Å². The maximum atomic E-state index is 11.7. The number of esters is 1. The number of carbonyl (C=O) groups is 2. The number of hydrogen-bond acceptors (Lipinski definition) is 4. The number of nitrogens with one attached hydrogen (secondary N) is 1. The van der Waals surface area contributed by atoms with Crippen molar-refractivity contribution in [1.82, 2.24) is 4.98 Å². The molecule has 0 saturated heterocycles. The summed E-state index contributed by atoms with van der Waals surface area (Å²) in [5, 5.41) is 3.27. The van der Waals surface area contributed by atoms with Crippen molar-refractivity contribution in [3.63, 3.8) is 0 Å². The van der Waals surface area contributed by atoms with Crippen LogP contribution in [-0.2, 0) is 9.53 Å². The van der Waals surface area contributed by atoms with Gasteiger partial charge in [-0.1, -0.05) is 29.3 Å². The molecule has 0 aliphatic rings. The van der Waals surface area contributed by atoms with Crippen LogP contribution in [-0.4, -0.2) is 23.5 Å². The Morgan fingerprint density at radius 2 is 2.00 bits per heavy atom. The fraction of sp³-hybridized carbons (Fsp3) is 0.0714. The van der Waals surface area contributed by atoms with Gasteiger partial charge in [0.05, 0.1) is 10.7 Å². The number of carbonyl (C=O) groups excluding carboxylic acids is 2. The fourth-order valence-corrected chi connectivity index (χ4v) is 1.92. The van der Waals surface area contributed by atoms with Gasteiger partial charge in [-0.2, -0.15) is 0 Å². The van der Waals surface area contributed by atoms with Crippen LogP contribution in [0, 0.1) is 0 Å². The van der Waals surface area contributed by atoms with Gasteiger partial charge in [0.15, 0.2) is 6.61 Å². The van der Waals surface area contributed by atoms with E-state index in [1.165, 1.54) is 18.3 Å². The SMILES string of the molecule is O=C(COC(=O)c1ccccn1)Nc1ccc(Cl)cc1Cl. The van der Waals surface area contributed by atoms with Crippen molar-refractivity contribution in [2.45, 2.75) is 0 Å². The Bertz CT molecular complexity index is 663. The highest BCUT2D eigenvalue weighted by atomic mass is 35.5. The van der Waals surface area contributed by atoms with Gasteiger partial charge < -0.3 is 10.1 Å². The summed E-state index contributed by atoms with van der Waals surface area (Å²) < 4.78 is 4.84. The number of ether oxygens (including phenoxy) is 1. The van der Waals surface area contributed by atoms with E-state index in [9.17, 15) is 9.59 Å². The van der Waals surface area contributed by atoms with Crippen molar-refractivity contribution in [3.05, 3.63) is 58.3 Å². The molecule has 0 bridgehead atoms. The van der Waals surface area contributed by atoms with Gasteiger partial charge in [-0.05, 0) is 30.3 Å². The molecular formula is C14H10Cl2N2O3. The Morgan fingerprint density at radius 1 is 1.19 bits per heavy atom. The molecule has 1 N–H and O–H groups in total. The Kier molecular flexibility index (Phi) is 5.14. The first kappa shape index (κ1) is 15.3. The monoisotopic (exact) mass is 324 g/mol. The van der Waals surface area contributed by atoms with Crippen molar-refractivity contribution in [1.29, 1.82) is 0 Å². The minimum absolute atomic E-state index is 0.134. The maximum absolute atomic E-state index is 11.7. The van der Waals surface area contributed by atoms with Crippen molar-refractivity contribution in [2.24, 2.45) is 0 Å². The van der Waals surface area contributed by atoms with Crippen molar-refractivity contribution < 1.29 is 14.3 Å². The molecule has 0 radical (unpaired) electrons. The lowest BCUT2D eigenvalue weighted by atomic mass is 10.3. The molecule has 1 aromatic carbocycles. The van der Waals surface area contributed by atoms with E-state index in [0.29, 0.717) is 15.7 Å². The first-order valence-corrected chi connectivity index (χ1v) is 6.65. The molecule has 5 nitrogen and oxygen atoms in total. The molecule has 0 saturated carbocycles. The van der Waals surface area contributed by atoms with E-state index >= 15 is 0 Å². The van der Waals surface area contributed by atoms with Gasteiger partial charge >= 0.3 is 5.97 Å². The van der Waals surface area contributed by atoms with Crippen LogP contribution in [0.1, 0.15) is 10.5 Å². The second-order valence-electron chi connectivity index (χ2n) is 3.96. The van der Waals surface area contributed by atoms with E-state index in [1.54, 1.807) is 24.3 Å². The van der Waals surface area contributed by atoms with Gasteiger partial charge in [-0.3, -0.25) is 4.79 Å². The highest BCUT2D eigenvalue weighted by Crippen LogP contribution is 2.25. The molecule has 1 aromatic heterocycles. The lowest BCUT2D eigenvalue weighted by molar-refractivity contribution is -0.119. The zero-order valence-electron chi connectivity index (χ0n) is 10.7. The second kappa shape index (κ2) is 7.06. The van der Waals surface area contributed by atoms with Crippen LogP contribution < -0.4 is 5.32 Å². The number of rotatable bonds is 4. The predicted molar refractivity (Wildman–Crippen MR) is 79.6 cm³/mol. The number of hydrogen-bond donors (Lipinski definition) is 1. The average molecular weight is 325 g/mol. The molecule has 0 unspecified atom stereocenters.